The lowest BCUT2D eigenvalue weighted by Gasteiger charge is -2.32. The molecule has 0 bridgehead atoms. The highest BCUT2D eigenvalue weighted by molar-refractivity contribution is 5.58. The van der Waals surface area contributed by atoms with Crippen molar-refractivity contribution in [2.75, 3.05) is 11.1 Å². The van der Waals surface area contributed by atoms with E-state index in [1.807, 2.05) is 0 Å². The molecule has 0 saturated heterocycles. The number of hydrogen-bond donors (Lipinski definition) is 2. The number of benzene rings is 1. The van der Waals surface area contributed by atoms with Crippen molar-refractivity contribution < 1.29 is 13.2 Å². The average Bonchev–Trinajstić information content (AvgIpc) is 2.40. The molecule has 0 heterocycles. The lowest BCUT2D eigenvalue weighted by molar-refractivity contribution is -0.136. The van der Waals surface area contributed by atoms with Crippen molar-refractivity contribution in [3.8, 4) is 0 Å². The van der Waals surface area contributed by atoms with Crippen molar-refractivity contribution >= 4 is 11.4 Å². The zero-order valence-electron chi connectivity index (χ0n) is 11.6. The Morgan fingerprint density at radius 1 is 1.25 bits per heavy atom. The van der Waals surface area contributed by atoms with Gasteiger partial charge in [0, 0.05) is 17.4 Å². The van der Waals surface area contributed by atoms with Crippen molar-refractivity contribution in [1.82, 2.24) is 0 Å². The maximum atomic E-state index is 12.8. The van der Waals surface area contributed by atoms with Gasteiger partial charge in [-0.15, -0.1) is 0 Å². The van der Waals surface area contributed by atoms with Crippen LogP contribution in [0.25, 0.3) is 0 Å². The van der Waals surface area contributed by atoms with Crippen LogP contribution in [0.1, 0.15) is 44.6 Å². The van der Waals surface area contributed by atoms with E-state index in [2.05, 4.69) is 12.2 Å². The minimum Gasteiger partial charge on any atom is -0.398 e. The molecular formula is C15H21F3N2. The van der Waals surface area contributed by atoms with Crippen molar-refractivity contribution in [2.24, 2.45) is 5.92 Å². The molecule has 2 nitrogen and oxygen atoms in total. The molecule has 1 aliphatic carbocycles. The van der Waals surface area contributed by atoms with Crippen molar-refractivity contribution in [2.45, 2.75) is 51.2 Å². The molecule has 1 aliphatic rings. The van der Waals surface area contributed by atoms with Crippen LogP contribution in [0.15, 0.2) is 18.2 Å². The molecule has 2 atom stereocenters. The van der Waals surface area contributed by atoms with Gasteiger partial charge in [0.25, 0.3) is 0 Å². The zero-order valence-corrected chi connectivity index (χ0v) is 11.6. The molecule has 1 aromatic rings. The molecule has 2 rings (SSSR count). The molecule has 0 spiro atoms. The van der Waals surface area contributed by atoms with Crippen LogP contribution in [-0.2, 0) is 6.18 Å². The summed E-state index contributed by atoms with van der Waals surface area (Å²) in [5, 5.41) is 3.27. The van der Waals surface area contributed by atoms with E-state index in [0.717, 1.165) is 31.7 Å². The molecule has 1 fully saturated rings. The second-order valence-electron chi connectivity index (χ2n) is 5.50. The number of nitrogen functional groups attached to an aromatic ring is 1. The first-order chi connectivity index (χ1) is 9.41. The first-order valence-corrected chi connectivity index (χ1v) is 7.15. The van der Waals surface area contributed by atoms with E-state index >= 15 is 0 Å². The van der Waals surface area contributed by atoms with E-state index in [4.69, 9.17) is 5.73 Å². The predicted molar refractivity (Wildman–Crippen MR) is 75.5 cm³/mol. The Labute approximate surface area is 117 Å². The van der Waals surface area contributed by atoms with E-state index in [0.29, 0.717) is 11.6 Å². The van der Waals surface area contributed by atoms with Crippen LogP contribution < -0.4 is 11.1 Å². The summed E-state index contributed by atoms with van der Waals surface area (Å²) in [4.78, 5) is 0. The van der Waals surface area contributed by atoms with E-state index in [9.17, 15) is 13.2 Å². The summed E-state index contributed by atoms with van der Waals surface area (Å²) in [6, 6.07) is 4.34. The summed E-state index contributed by atoms with van der Waals surface area (Å²) in [5.74, 6) is 0.538. The molecule has 2 unspecified atom stereocenters. The Kier molecular flexibility index (Phi) is 4.45. The minimum atomic E-state index is -4.40. The monoisotopic (exact) mass is 286 g/mol. The van der Waals surface area contributed by atoms with Gasteiger partial charge in [0.1, 0.15) is 0 Å². The molecule has 20 heavy (non-hydrogen) atoms. The van der Waals surface area contributed by atoms with E-state index in [1.54, 1.807) is 6.07 Å². The number of nitrogens with two attached hydrogens (primary N) is 1. The molecular weight excluding hydrogens is 265 g/mol. The highest BCUT2D eigenvalue weighted by Gasteiger charge is 2.33. The maximum Gasteiger partial charge on any atom is 0.418 e. The highest BCUT2D eigenvalue weighted by Crippen LogP contribution is 2.36. The fourth-order valence-electron chi connectivity index (χ4n) is 2.99. The van der Waals surface area contributed by atoms with Crippen LogP contribution in [0.4, 0.5) is 24.5 Å². The van der Waals surface area contributed by atoms with Crippen LogP contribution in [0.5, 0.6) is 0 Å². The van der Waals surface area contributed by atoms with Crippen LogP contribution in [0, 0.1) is 5.92 Å². The fourth-order valence-corrected chi connectivity index (χ4v) is 2.99. The highest BCUT2D eigenvalue weighted by atomic mass is 19.4. The Balaban J connectivity index is 2.17. The molecule has 0 radical (unpaired) electrons. The second kappa shape index (κ2) is 5.94. The van der Waals surface area contributed by atoms with Gasteiger partial charge in [0.05, 0.1) is 5.56 Å². The number of halogens is 3. The molecule has 5 heteroatoms. The van der Waals surface area contributed by atoms with E-state index in [1.165, 1.54) is 12.5 Å². The van der Waals surface area contributed by atoms with Gasteiger partial charge in [0.15, 0.2) is 0 Å². The van der Waals surface area contributed by atoms with Gasteiger partial charge in [-0.1, -0.05) is 26.2 Å². The van der Waals surface area contributed by atoms with Gasteiger partial charge >= 0.3 is 6.18 Å². The van der Waals surface area contributed by atoms with Gasteiger partial charge in [-0.2, -0.15) is 13.2 Å². The number of anilines is 2. The first-order valence-electron chi connectivity index (χ1n) is 7.15. The van der Waals surface area contributed by atoms with E-state index < -0.39 is 11.7 Å². The largest absolute Gasteiger partial charge is 0.418 e. The third-order valence-corrected chi connectivity index (χ3v) is 4.14. The molecule has 0 amide bonds. The number of hydrogen-bond acceptors (Lipinski definition) is 2. The Morgan fingerprint density at radius 2 is 1.95 bits per heavy atom. The van der Waals surface area contributed by atoms with Crippen molar-refractivity contribution in [3.05, 3.63) is 23.8 Å². The summed E-state index contributed by atoms with van der Waals surface area (Å²) in [6.45, 7) is 2.13. The molecule has 0 aliphatic heterocycles. The molecule has 3 N–H and O–H groups in total. The lowest BCUT2D eigenvalue weighted by atomic mass is 9.83. The van der Waals surface area contributed by atoms with E-state index in [-0.39, 0.29) is 11.7 Å². The quantitative estimate of drug-likeness (QED) is 0.792. The SMILES string of the molecule is CCC1CCCCC1Nc1ccc(N)c(C(F)(F)F)c1. The Morgan fingerprint density at radius 3 is 2.60 bits per heavy atom. The van der Waals surface area contributed by atoms with Gasteiger partial charge in [-0.25, -0.2) is 0 Å². The maximum absolute atomic E-state index is 12.8. The first kappa shape index (κ1) is 15.0. The lowest BCUT2D eigenvalue weighted by Crippen LogP contribution is -2.31. The molecule has 1 aromatic carbocycles. The molecule has 0 aromatic heterocycles. The summed E-state index contributed by atoms with van der Waals surface area (Å²) in [7, 11) is 0. The Bertz CT molecular complexity index is 457. The van der Waals surface area contributed by atoms with Crippen LogP contribution >= 0.6 is 0 Å². The van der Waals surface area contributed by atoms with Crippen LogP contribution in [0.3, 0.4) is 0 Å². The summed E-state index contributed by atoms with van der Waals surface area (Å²) in [6.07, 6.45) is 1.16. The van der Waals surface area contributed by atoms with Gasteiger partial charge in [0.2, 0.25) is 0 Å². The summed E-state index contributed by atoms with van der Waals surface area (Å²) >= 11 is 0. The number of nitrogens with one attached hydrogen (secondary N) is 1. The predicted octanol–water partition coefficient (Wildman–Crippen LogP) is 4.67. The van der Waals surface area contributed by atoms with Crippen molar-refractivity contribution in [1.29, 1.82) is 0 Å². The average molecular weight is 286 g/mol. The van der Waals surface area contributed by atoms with Gasteiger partial charge in [-0.3, -0.25) is 0 Å². The minimum absolute atomic E-state index is 0.223. The summed E-state index contributed by atoms with van der Waals surface area (Å²) < 4.78 is 38.5. The second-order valence-corrected chi connectivity index (χ2v) is 5.50. The summed E-state index contributed by atoms with van der Waals surface area (Å²) in [5.41, 5.74) is 4.94. The number of alkyl halides is 3. The molecule has 1 saturated carbocycles. The van der Waals surface area contributed by atoms with Crippen LogP contribution in [-0.4, -0.2) is 6.04 Å². The normalized spacial score (nSPS) is 23.6. The third-order valence-electron chi connectivity index (χ3n) is 4.14. The standard InChI is InChI=1S/C15H21F3N2/c1-2-10-5-3-4-6-14(10)20-11-7-8-13(19)12(9-11)15(16,17)18/h7-10,14,20H,2-6,19H2,1H3. The molecule has 112 valence electrons. The van der Waals surface area contributed by atoms with Gasteiger partial charge < -0.3 is 11.1 Å². The number of rotatable bonds is 3. The fraction of sp³-hybridized carbons (Fsp3) is 0.600. The van der Waals surface area contributed by atoms with Crippen LogP contribution in [0.2, 0.25) is 0 Å². The zero-order chi connectivity index (χ0) is 14.8. The topological polar surface area (TPSA) is 38.0 Å². The third kappa shape index (κ3) is 3.38. The van der Waals surface area contributed by atoms with Crippen molar-refractivity contribution in [3.63, 3.8) is 0 Å². The Hall–Kier alpha value is -1.39. The van der Waals surface area contributed by atoms with Gasteiger partial charge in [-0.05, 0) is 37.0 Å². The smallest absolute Gasteiger partial charge is 0.398 e.